The van der Waals surface area contributed by atoms with Crippen LogP contribution in [0.15, 0.2) is 24.8 Å². The zero-order chi connectivity index (χ0) is 8.55. The van der Waals surface area contributed by atoms with Gasteiger partial charge in [0.15, 0.2) is 11.3 Å². The molecule has 0 aliphatic rings. The van der Waals surface area contributed by atoms with Crippen molar-refractivity contribution >= 4 is 24.0 Å². The van der Waals surface area contributed by atoms with Crippen LogP contribution in [-0.4, -0.2) is 25.4 Å². The van der Waals surface area contributed by atoms with Gasteiger partial charge in [0.25, 0.3) is 0 Å². The fourth-order valence-corrected chi connectivity index (χ4v) is 0.937. The van der Waals surface area contributed by atoms with Crippen LogP contribution in [0.4, 0.5) is 0 Å². The topological polar surface area (TPSA) is 67.5 Å². The van der Waals surface area contributed by atoms with E-state index < -0.39 is 5.97 Å². The van der Waals surface area contributed by atoms with E-state index in [-0.39, 0.29) is 18.1 Å². The van der Waals surface area contributed by atoms with Crippen molar-refractivity contribution in [1.29, 1.82) is 0 Å². The molecule has 0 saturated carbocycles. The van der Waals surface area contributed by atoms with Gasteiger partial charge < -0.3 is 9.51 Å². The van der Waals surface area contributed by atoms with E-state index in [2.05, 4.69) is 9.97 Å². The van der Waals surface area contributed by atoms with Gasteiger partial charge in [-0.05, 0) is 0 Å². The fourth-order valence-electron chi connectivity index (χ4n) is 0.937. The van der Waals surface area contributed by atoms with Crippen LogP contribution in [0.25, 0.3) is 5.65 Å². The number of hydrogen-bond donors (Lipinski definition) is 1. The van der Waals surface area contributed by atoms with Gasteiger partial charge in [-0.15, -0.1) is 12.4 Å². The Hall–Kier alpha value is -1.62. The van der Waals surface area contributed by atoms with E-state index in [1.165, 1.54) is 12.4 Å². The predicted molar refractivity (Wildman–Crippen MR) is 47.2 cm³/mol. The number of fused-ring (bicyclic) bond motifs is 1. The van der Waals surface area contributed by atoms with E-state index in [0.29, 0.717) is 5.65 Å². The van der Waals surface area contributed by atoms with Crippen molar-refractivity contribution < 1.29 is 9.90 Å². The summed E-state index contributed by atoms with van der Waals surface area (Å²) in [6, 6.07) is 0. The maximum Gasteiger partial charge on any atom is 0.356 e. The average Bonchev–Trinajstić information content (AvgIpc) is 2.49. The number of aromatic nitrogens is 3. The molecular formula is C7H6ClN3O2. The third kappa shape index (κ3) is 1.59. The summed E-state index contributed by atoms with van der Waals surface area (Å²) in [7, 11) is 0. The maximum absolute atomic E-state index is 10.5. The van der Waals surface area contributed by atoms with Crippen LogP contribution in [0.5, 0.6) is 0 Å². The molecule has 68 valence electrons. The lowest BCUT2D eigenvalue weighted by molar-refractivity contribution is 0.0690. The van der Waals surface area contributed by atoms with Crippen molar-refractivity contribution in [2.75, 3.05) is 0 Å². The Morgan fingerprint density at radius 1 is 1.46 bits per heavy atom. The van der Waals surface area contributed by atoms with Crippen LogP contribution in [0, 0.1) is 0 Å². The third-order valence-electron chi connectivity index (χ3n) is 1.50. The number of carboxylic acids is 1. The Balaban J connectivity index is 0.000000845. The summed E-state index contributed by atoms with van der Waals surface area (Å²) in [6.07, 6.45) is 6.10. The van der Waals surface area contributed by atoms with E-state index >= 15 is 0 Å². The molecule has 2 rings (SSSR count). The minimum absolute atomic E-state index is 0. The lowest BCUT2D eigenvalue weighted by Crippen LogP contribution is -2.01. The van der Waals surface area contributed by atoms with Crippen molar-refractivity contribution in [3.63, 3.8) is 0 Å². The summed E-state index contributed by atoms with van der Waals surface area (Å²) >= 11 is 0. The summed E-state index contributed by atoms with van der Waals surface area (Å²) < 4.78 is 1.61. The third-order valence-corrected chi connectivity index (χ3v) is 1.50. The Kier molecular flexibility index (Phi) is 2.48. The summed E-state index contributed by atoms with van der Waals surface area (Å²) in [4.78, 5) is 18.1. The number of carbonyl (C=O) groups is 1. The lowest BCUT2D eigenvalue weighted by Gasteiger charge is -1.94. The van der Waals surface area contributed by atoms with Crippen molar-refractivity contribution in [1.82, 2.24) is 14.4 Å². The number of halogens is 1. The number of nitrogens with zero attached hydrogens (tertiary/aromatic N) is 3. The second-order valence-corrected chi connectivity index (χ2v) is 2.27. The predicted octanol–water partition coefficient (Wildman–Crippen LogP) is 0.849. The van der Waals surface area contributed by atoms with Gasteiger partial charge in [-0.3, -0.25) is 0 Å². The molecule has 1 N–H and O–H groups in total. The van der Waals surface area contributed by atoms with Gasteiger partial charge >= 0.3 is 5.97 Å². The smallest absolute Gasteiger partial charge is 0.356 e. The molecule has 0 radical (unpaired) electrons. The van der Waals surface area contributed by atoms with E-state index in [0.717, 1.165) is 0 Å². The average molecular weight is 200 g/mol. The summed E-state index contributed by atoms with van der Waals surface area (Å²) in [5.41, 5.74) is 0.653. The second kappa shape index (κ2) is 3.40. The molecule has 6 heteroatoms. The highest BCUT2D eigenvalue weighted by Crippen LogP contribution is 2.00. The molecule has 0 unspecified atom stereocenters. The van der Waals surface area contributed by atoms with E-state index in [1.54, 1.807) is 16.8 Å². The zero-order valence-electron chi connectivity index (χ0n) is 6.41. The molecule has 2 aromatic heterocycles. The highest BCUT2D eigenvalue weighted by molar-refractivity contribution is 5.85. The van der Waals surface area contributed by atoms with E-state index in [9.17, 15) is 4.79 Å². The van der Waals surface area contributed by atoms with E-state index in [1.807, 2.05) is 0 Å². The molecule has 0 aliphatic carbocycles. The first-order valence-electron chi connectivity index (χ1n) is 3.29. The summed E-state index contributed by atoms with van der Waals surface area (Å²) in [5, 5.41) is 8.59. The SMILES string of the molecule is Cl.O=C(O)c1cn2ccnc2cn1. The highest BCUT2D eigenvalue weighted by Gasteiger charge is 2.04. The van der Waals surface area contributed by atoms with Crippen LogP contribution in [0.3, 0.4) is 0 Å². The molecule has 2 heterocycles. The van der Waals surface area contributed by atoms with E-state index in [4.69, 9.17) is 5.11 Å². The van der Waals surface area contributed by atoms with Gasteiger partial charge in [-0.2, -0.15) is 0 Å². The van der Waals surface area contributed by atoms with Gasteiger partial charge in [0.2, 0.25) is 0 Å². The number of rotatable bonds is 1. The van der Waals surface area contributed by atoms with Gasteiger partial charge in [-0.25, -0.2) is 14.8 Å². The van der Waals surface area contributed by atoms with Gasteiger partial charge in [0.05, 0.1) is 6.20 Å². The van der Waals surface area contributed by atoms with Gasteiger partial charge in [0, 0.05) is 18.6 Å². The number of hydrogen-bond acceptors (Lipinski definition) is 3. The first kappa shape index (κ1) is 9.47. The first-order valence-corrected chi connectivity index (χ1v) is 3.29. The molecule has 2 aromatic rings. The molecular weight excluding hydrogens is 194 g/mol. The first-order chi connectivity index (χ1) is 5.77. The van der Waals surface area contributed by atoms with Crippen LogP contribution >= 0.6 is 12.4 Å². The monoisotopic (exact) mass is 199 g/mol. The minimum Gasteiger partial charge on any atom is -0.476 e. The zero-order valence-corrected chi connectivity index (χ0v) is 7.23. The van der Waals surface area contributed by atoms with Gasteiger partial charge in [0.1, 0.15) is 0 Å². The van der Waals surface area contributed by atoms with Crippen molar-refractivity contribution in [2.45, 2.75) is 0 Å². The largest absolute Gasteiger partial charge is 0.476 e. The number of carboxylic acid groups (broad SMARTS) is 1. The highest BCUT2D eigenvalue weighted by atomic mass is 35.5. The Morgan fingerprint density at radius 2 is 2.23 bits per heavy atom. The van der Waals surface area contributed by atoms with Crippen molar-refractivity contribution in [3.05, 3.63) is 30.5 Å². The Bertz CT molecular complexity index is 440. The molecule has 5 nitrogen and oxygen atoms in total. The van der Waals surface area contributed by atoms with Crippen molar-refractivity contribution in [2.24, 2.45) is 0 Å². The molecule has 0 atom stereocenters. The van der Waals surface area contributed by atoms with Crippen LogP contribution in [0.2, 0.25) is 0 Å². The number of imidazole rings is 1. The molecule has 0 aliphatic heterocycles. The molecule has 0 amide bonds. The lowest BCUT2D eigenvalue weighted by atomic mass is 10.4. The molecule has 13 heavy (non-hydrogen) atoms. The molecule has 0 saturated heterocycles. The van der Waals surface area contributed by atoms with Gasteiger partial charge in [-0.1, -0.05) is 0 Å². The Morgan fingerprint density at radius 3 is 2.92 bits per heavy atom. The summed E-state index contributed by atoms with van der Waals surface area (Å²) in [5.74, 6) is -1.04. The normalized spacial score (nSPS) is 9.54. The van der Waals surface area contributed by atoms with Crippen LogP contribution in [-0.2, 0) is 0 Å². The molecule has 0 spiro atoms. The Labute approximate surface area is 79.5 Å². The minimum atomic E-state index is -1.04. The fraction of sp³-hybridized carbons (Fsp3) is 0. The van der Waals surface area contributed by atoms with Crippen molar-refractivity contribution in [3.8, 4) is 0 Å². The molecule has 0 aromatic carbocycles. The standard InChI is InChI=1S/C7H5N3O2.ClH/c11-7(12)5-4-10-2-1-8-6(10)3-9-5;/h1-4H,(H,11,12);1H. The van der Waals surface area contributed by atoms with Crippen LogP contribution in [0.1, 0.15) is 10.5 Å². The van der Waals surface area contributed by atoms with Crippen LogP contribution < -0.4 is 0 Å². The molecule has 0 fully saturated rings. The quantitative estimate of drug-likeness (QED) is 0.740. The number of aromatic carboxylic acids is 1. The maximum atomic E-state index is 10.5. The second-order valence-electron chi connectivity index (χ2n) is 2.27. The summed E-state index contributed by atoms with van der Waals surface area (Å²) in [6.45, 7) is 0. The molecule has 0 bridgehead atoms.